The van der Waals surface area contributed by atoms with Gasteiger partial charge in [0.2, 0.25) is 5.91 Å². The lowest BCUT2D eigenvalue weighted by Crippen LogP contribution is -2.52. The summed E-state index contributed by atoms with van der Waals surface area (Å²) in [5.41, 5.74) is 3.27. The Labute approximate surface area is 221 Å². The highest BCUT2D eigenvalue weighted by Gasteiger charge is 2.33. The highest BCUT2D eigenvalue weighted by molar-refractivity contribution is 9.10. The van der Waals surface area contributed by atoms with Crippen molar-refractivity contribution in [3.63, 3.8) is 0 Å². The molecule has 0 N–H and O–H groups in total. The minimum Gasteiger partial charge on any atom is -0.340 e. The number of hydrogen-bond acceptors (Lipinski definition) is 3. The Morgan fingerprint density at radius 2 is 1.19 bits per heavy atom. The van der Waals surface area contributed by atoms with Gasteiger partial charge in [0.05, 0.1) is 6.04 Å². The van der Waals surface area contributed by atoms with Gasteiger partial charge in [-0.25, -0.2) is 0 Å². The number of carbonyl (C=O) groups excluding carboxylic acids is 2. The summed E-state index contributed by atoms with van der Waals surface area (Å²) in [5, 5.41) is 0. The van der Waals surface area contributed by atoms with Crippen LogP contribution in [0.3, 0.4) is 0 Å². The Kier molecular flexibility index (Phi) is 7.83. The molecule has 0 aromatic heterocycles. The van der Waals surface area contributed by atoms with Gasteiger partial charge in [-0.2, -0.15) is 0 Å². The van der Waals surface area contributed by atoms with E-state index in [1.807, 2.05) is 34.1 Å². The second-order valence-corrected chi connectivity index (χ2v) is 10.6. The van der Waals surface area contributed by atoms with Crippen LogP contribution < -0.4 is 0 Å². The van der Waals surface area contributed by atoms with Crippen LogP contribution in [0, 0.1) is 5.92 Å². The summed E-state index contributed by atoms with van der Waals surface area (Å²) < 4.78 is 0.960. The van der Waals surface area contributed by atoms with Crippen LogP contribution in [0.25, 0.3) is 0 Å². The molecule has 5 rings (SSSR count). The van der Waals surface area contributed by atoms with Gasteiger partial charge in [0.1, 0.15) is 0 Å². The number of benzene rings is 3. The molecule has 0 radical (unpaired) electrons. The standard InChI is InChI=1S/C30H32BrN3O2/c31-27-13-11-25(12-14-27)29(35)33-17-15-26(16-18-33)30(36)34-21-19-32(20-22-34)28(23-7-3-1-4-8-23)24-9-5-2-6-10-24/h1-14,26,28H,15-22H2. The molecule has 2 aliphatic heterocycles. The van der Waals surface area contributed by atoms with Gasteiger partial charge in [0.25, 0.3) is 5.91 Å². The molecule has 0 aliphatic carbocycles. The van der Waals surface area contributed by atoms with Crippen LogP contribution in [0.2, 0.25) is 0 Å². The smallest absolute Gasteiger partial charge is 0.253 e. The topological polar surface area (TPSA) is 43.9 Å². The van der Waals surface area contributed by atoms with Crippen LogP contribution in [-0.2, 0) is 4.79 Å². The second kappa shape index (κ2) is 11.4. The molecule has 3 aromatic rings. The Morgan fingerprint density at radius 3 is 1.72 bits per heavy atom. The number of piperazine rings is 1. The Hall–Kier alpha value is -2.96. The molecule has 186 valence electrons. The van der Waals surface area contributed by atoms with Crippen LogP contribution >= 0.6 is 15.9 Å². The molecule has 2 fully saturated rings. The molecule has 2 amide bonds. The first kappa shape index (κ1) is 24.7. The summed E-state index contributed by atoms with van der Waals surface area (Å²) in [6.45, 7) is 4.45. The molecule has 0 atom stereocenters. The minimum absolute atomic E-state index is 0.00422. The summed E-state index contributed by atoms with van der Waals surface area (Å²) in [7, 11) is 0. The maximum atomic E-state index is 13.4. The monoisotopic (exact) mass is 545 g/mol. The summed E-state index contributed by atoms with van der Waals surface area (Å²) in [6.07, 6.45) is 1.47. The molecule has 6 heteroatoms. The van der Waals surface area contributed by atoms with Crippen molar-refractivity contribution >= 4 is 27.7 Å². The molecule has 2 heterocycles. The number of halogens is 1. The van der Waals surface area contributed by atoms with Crippen molar-refractivity contribution in [3.05, 3.63) is 106 Å². The second-order valence-electron chi connectivity index (χ2n) is 9.66. The van der Waals surface area contributed by atoms with Gasteiger partial charge in [-0.3, -0.25) is 14.5 Å². The zero-order valence-electron chi connectivity index (χ0n) is 20.4. The zero-order chi connectivity index (χ0) is 24.9. The lowest BCUT2D eigenvalue weighted by molar-refractivity contribution is -0.139. The highest BCUT2D eigenvalue weighted by atomic mass is 79.9. The normalized spacial score (nSPS) is 17.4. The quantitative estimate of drug-likeness (QED) is 0.440. The predicted molar refractivity (Wildman–Crippen MR) is 146 cm³/mol. The Bertz CT molecular complexity index is 1110. The van der Waals surface area contributed by atoms with E-state index in [0.29, 0.717) is 18.7 Å². The minimum atomic E-state index is 0.00422. The van der Waals surface area contributed by atoms with E-state index in [2.05, 4.69) is 81.5 Å². The average molecular weight is 547 g/mol. The number of piperidine rings is 1. The molecule has 5 nitrogen and oxygen atoms in total. The number of amides is 2. The molecular formula is C30H32BrN3O2. The van der Waals surface area contributed by atoms with Gasteiger partial charge in [-0.15, -0.1) is 0 Å². The number of hydrogen-bond donors (Lipinski definition) is 0. The SMILES string of the molecule is O=C(c1ccc(Br)cc1)N1CCC(C(=O)N2CCN(C(c3ccccc3)c3ccccc3)CC2)CC1. The van der Waals surface area contributed by atoms with E-state index in [1.54, 1.807) is 0 Å². The maximum absolute atomic E-state index is 13.4. The van der Waals surface area contributed by atoms with Crippen molar-refractivity contribution in [3.8, 4) is 0 Å². The fourth-order valence-electron chi connectivity index (χ4n) is 5.45. The van der Waals surface area contributed by atoms with E-state index in [-0.39, 0.29) is 23.8 Å². The third-order valence-corrected chi connectivity index (χ3v) is 7.97. The van der Waals surface area contributed by atoms with Crippen LogP contribution in [-0.4, -0.2) is 65.8 Å². The fraction of sp³-hybridized carbons (Fsp3) is 0.333. The first-order valence-corrected chi connectivity index (χ1v) is 13.6. The first-order valence-electron chi connectivity index (χ1n) is 12.8. The Balaban J connectivity index is 1.17. The van der Waals surface area contributed by atoms with Crippen LogP contribution in [0.5, 0.6) is 0 Å². The van der Waals surface area contributed by atoms with Gasteiger partial charge < -0.3 is 9.80 Å². The van der Waals surface area contributed by atoms with E-state index in [1.165, 1.54) is 11.1 Å². The van der Waals surface area contributed by atoms with Crippen LogP contribution in [0.4, 0.5) is 0 Å². The zero-order valence-corrected chi connectivity index (χ0v) is 22.0. The van der Waals surface area contributed by atoms with Crippen molar-refractivity contribution in [1.82, 2.24) is 14.7 Å². The van der Waals surface area contributed by atoms with Gasteiger partial charge in [-0.1, -0.05) is 76.6 Å². The van der Waals surface area contributed by atoms with Gasteiger partial charge >= 0.3 is 0 Å². The summed E-state index contributed by atoms with van der Waals surface area (Å²) in [5.74, 6) is 0.306. The molecule has 0 spiro atoms. The van der Waals surface area contributed by atoms with Gasteiger partial charge in [0, 0.05) is 55.2 Å². The predicted octanol–water partition coefficient (Wildman–Crippen LogP) is 5.24. The third-order valence-electron chi connectivity index (χ3n) is 7.44. The number of carbonyl (C=O) groups is 2. The fourth-order valence-corrected chi connectivity index (χ4v) is 5.71. The largest absolute Gasteiger partial charge is 0.340 e. The summed E-state index contributed by atoms with van der Waals surface area (Å²) in [4.78, 5) is 32.6. The van der Waals surface area contributed by atoms with Gasteiger partial charge in [0.15, 0.2) is 0 Å². The molecule has 0 unspecified atom stereocenters. The molecule has 36 heavy (non-hydrogen) atoms. The maximum Gasteiger partial charge on any atom is 0.253 e. The lowest BCUT2D eigenvalue weighted by atomic mass is 9.94. The first-order chi connectivity index (χ1) is 17.6. The van der Waals surface area contributed by atoms with Crippen molar-refractivity contribution in [2.24, 2.45) is 5.92 Å². The molecule has 2 aliphatic rings. The van der Waals surface area contributed by atoms with E-state index in [0.717, 1.165) is 43.5 Å². The Morgan fingerprint density at radius 1 is 0.667 bits per heavy atom. The number of nitrogens with zero attached hydrogens (tertiary/aromatic N) is 3. The van der Waals surface area contributed by atoms with E-state index in [9.17, 15) is 9.59 Å². The lowest BCUT2D eigenvalue weighted by Gasteiger charge is -2.41. The van der Waals surface area contributed by atoms with Crippen molar-refractivity contribution in [2.75, 3.05) is 39.3 Å². The summed E-state index contributed by atoms with van der Waals surface area (Å²) >= 11 is 3.42. The van der Waals surface area contributed by atoms with Crippen LogP contribution in [0.15, 0.2) is 89.4 Å². The molecule has 3 aromatic carbocycles. The van der Waals surface area contributed by atoms with E-state index in [4.69, 9.17) is 0 Å². The van der Waals surface area contributed by atoms with Crippen molar-refractivity contribution in [1.29, 1.82) is 0 Å². The average Bonchev–Trinajstić information content (AvgIpc) is 2.94. The van der Waals surface area contributed by atoms with Crippen LogP contribution in [0.1, 0.15) is 40.4 Å². The molecule has 2 saturated heterocycles. The van der Waals surface area contributed by atoms with E-state index < -0.39 is 0 Å². The summed E-state index contributed by atoms with van der Waals surface area (Å²) in [6, 6.07) is 28.9. The van der Waals surface area contributed by atoms with Gasteiger partial charge in [-0.05, 0) is 48.2 Å². The molecule has 0 bridgehead atoms. The van der Waals surface area contributed by atoms with E-state index >= 15 is 0 Å². The number of rotatable bonds is 5. The molecular weight excluding hydrogens is 514 g/mol. The highest BCUT2D eigenvalue weighted by Crippen LogP contribution is 2.30. The third kappa shape index (κ3) is 5.55. The number of likely N-dealkylation sites (tertiary alicyclic amines) is 1. The molecule has 0 saturated carbocycles. The van der Waals surface area contributed by atoms with Crippen molar-refractivity contribution in [2.45, 2.75) is 18.9 Å². The van der Waals surface area contributed by atoms with Crippen molar-refractivity contribution < 1.29 is 9.59 Å².